The van der Waals surface area contributed by atoms with Gasteiger partial charge in [-0.05, 0) is 54.1 Å². The van der Waals surface area contributed by atoms with Gasteiger partial charge >= 0.3 is 0 Å². The van der Waals surface area contributed by atoms with E-state index < -0.39 is 4.87 Å². The lowest BCUT2D eigenvalue weighted by Gasteiger charge is -2.33. The molecule has 2 heterocycles. The Labute approximate surface area is 206 Å². The van der Waals surface area contributed by atoms with Gasteiger partial charge in [0.2, 0.25) is 0 Å². The van der Waals surface area contributed by atoms with E-state index in [1.165, 1.54) is 11.8 Å². The molecule has 8 heteroatoms. The van der Waals surface area contributed by atoms with E-state index in [-0.39, 0.29) is 11.8 Å². The third-order valence-corrected chi connectivity index (χ3v) is 8.05. The van der Waals surface area contributed by atoms with Gasteiger partial charge in [0.1, 0.15) is 5.75 Å². The summed E-state index contributed by atoms with van der Waals surface area (Å²) in [5, 5.41) is 1.11. The highest BCUT2D eigenvalue weighted by Crippen LogP contribution is 2.55. The number of methoxy groups -OCH3 is 1. The van der Waals surface area contributed by atoms with Crippen LogP contribution in [0.2, 0.25) is 10.0 Å². The quantitative estimate of drug-likeness (QED) is 0.470. The number of hydrogen-bond donors (Lipinski definition) is 0. The maximum atomic E-state index is 14.1. The molecule has 168 valence electrons. The minimum absolute atomic E-state index is 0.163. The first-order chi connectivity index (χ1) is 16.0. The topological polar surface area (TPSA) is 49.9 Å². The Kier molecular flexibility index (Phi) is 5.77. The summed E-state index contributed by atoms with van der Waals surface area (Å²) in [6.45, 7) is 0.757. The zero-order valence-electron chi connectivity index (χ0n) is 17.8. The molecule has 0 aliphatic carbocycles. The third kappa shape index (κ3) is 3.57. The number of thioether (sulfide) groups is 1. The van der Waals surface area contributed by atoms with Crippen LogP contribution in [0.5, 0.6) is 5.75 Å². The van der Waals surface area contributed by atoms with Crippen molar-refractivity contribution >= 4 is 52.5 Å². The second kappa shape index (κ2) is 8.60. The number of carbonyl (C=O) groups is 2. The Morgan fingerprint density at radius 2 is 1.85 bits per heavy atom. The van der Waals surface area contributed by atoms with Crippen LogP contribution in [-0.2, 0) is 16.2 Å². The molecule has 33 heavy (non-hydrogen) atoms. The van der Waals surface area contributed by atoms with Gasteiger partial charge in [0, 0.05) is 33.5 Å². The standard InChI is InChI=1S/C25H20Cl2N2O3S/c1-32-19-9-6-16(7-10-19)23(30)29-12-13-33-25(29)20-14-18(26)8-11-22(20)28(24(25)31)15-17-4-2-3-5-21(17)27/h2-11,14H,12-13,15H2,1H3/t25-/m1/s1. The first-order valence-corrected chi connectivity index (χ1v) is 12.2. The van der Waals surface area contributed by atoms with Crippen molar-refractivity contribution in [3.05, 3.63) is 93.5 Å². The van der Waals surface area contributed by atoms with Crippen molar-refractivity contribution in [2.75, 3.05) is 24.3 Å². The second-order valence-electron chi connectivity index (χ2n) is 7.82. The zero-order chi connectivity index (χ0) is 23.2. The van der Waals surface area contributed by atoms with Crippen molar-refractivity contribution in [1.29, 1.82) is 0 Å². The molecule has 5 nitrogen and oxygen atoms in total. The highest BCUT2D eigenvalue weighted by molar-refractivity contribution is 8.01. The van der Waals surface area contributed by atoms with Crippen LogP contribution in [-0.4, -0.2) is 36.1 Å². The summed E-state index contributed by atoms with van der Waals surface area (Å²) in [6, 6.07) is 19.8. The van der Waals surface area contributed by atoms with Crippen LogP contribution in [0.15, 0.2) is 66.7 Å². The highest BCUT2D eigenvalue weighted by atomic mass is 35.5. The number of benzene rings is 3. The maximum absolute atomic E-state index is 14.1. The molecule has 1 spiro atoms. The highest BCUT2D eigenvalue weighted by Gasteiger charge is 2.59. The first-order valence-electron chi connectivity index (χ1n) is 10.4. The largest absolute Gasteiger partial charge is 0.497 e. The molecule has 0 N–H and O–H groups in total. The number of fused-ring (bicyclic) bond motifs is 2. The summed E-state index contributed by atoms with van der Waals surface area (Å²) >= 11 is 14.2. The van der Waals surface area contributed by atoms with Gasteiger partial charge in [0.15, 0.2) is 4.87 Å². The number of nitrogens with zero attached hydrogens (tertiary/aromatic N) is 2. The molecule has 0 unspecified atom stereocenters. The van der Waals surface area contributed by atoms with Gasteiger partial charge < -0.3 is 14.5 Å². The van der Waals surface area contributed by atoms with E-state index in [9.17, 15) is 9.59 Å². The van der Waals surface area contributed by atoms with E-state index in [0.717, 1.165) is 16.8 Å². The fraction of sp³-hybridized carbons (Fsp3) is 0.200. The SMILES string of the molecule is COc1ccc(C(=O)N2CCS[C@]23C(=O)N(Cc2ccccc2Cl)c2ccc(Cl)cc23)cc1. The van der Waals surface area contributed by atoms with Gasteiger partial charge in [-0.2, -0.15) is 0 Å². The molecule has 2 aliphatic heterocycles. The Bertz CT molecular complexity index is 1250. The summed E-state index contributed by atoms with van der Waals surface area (Å²) in [7, 11) is 1.58. The Hall–Kier alpha value is -2.67. The third-order valence-electron chi connectivity index (χ3n) is 6.02. The van der Waals surface area contributed by atoms with Crippen LogP contribution in [0.3, 0.4) is 0 Å². The number of amides is 2. The van der Waals surface area contributed by atoms with Crippen LogP contribution in [0.25, 0.3) is 0 Å². The molecular weight excluding hydrogens is 479 g/mol. The van der Waals surface area contributed by atoms with E-state index in [0.29, 0.717) is 40.2 Å². The Balaban J connectivity index is 1.58. The van der Waals surface area contributed by atoms with Crippen molar-refractivity contribution in [2.24, 2.45) is 0 Å². The molecular formula is C25H20Cl2N2O3S. The summed E-state index contributed by atoms with van der Waals surface area (Å²) in [4.78, 5) is 29.9. The molecule has 1 fully saturated rings. The zero-order valence-corrected chi connectivity index (χ0v) is 20.1. The van der Waals surface area contributed by atoms with Crippen LogP contribution in [0, 0.1) is 0 Å². The van der Waals surface area contributed by atoms with Crippen molar-refractivity contribution < 1.29 is 14.3 Å². The number of rotatable bonds is 4. The predicted octanol–water partition coefficient (Wildman–Crippen LogP) is 5.59. The lowest BCUT2D eigenvalue weighted by atomic mass is 10.0. The molecule has 2 amide bonds. The van der Waals surface area contributed by atoms with E-state index >= 15 is 0 Å². The monoisotopic (exact) mass is 498 g/mol. The summed E-state index contributed by atoms with van der Waals surface area (Å²) < 4.78 is 5.21. The van der Waals surface area contributed by atoms with Crippen molar-refractivity contribution in [3.63, 3.8) is 0 Å². The van der Waals surface area contributed by atoms with Crippen LogP contribution < -0.4 is 9.64 Å². The normalized spacial score (nSPS) is 19.3. The average Bonchev–Trinajstić information content (AvgIpc) is 3.37. The number of ether oxygens (including phenoxy) is 1. The van der Waals surface area contributed by atoms with E-state index in [1.54, 1.807) is 59.4 Å². The average molecular weight is 499 g/mol. The van der Waals surface area contributed by atoms with Crippen LogP contribution in [0.4, 0.5) is 5.69 Å². The van der Waals surface area contributed by atoms with E-state index in [1.807, 2.05) is 24.3 Å². The van der Waals surface area contributed by atoms with Gasteiger partial charge in [-0.3, -0.25) is 9.59 Å². The number of carbonyl (C=O) groups excluding carboxylic acids is 2. The maximum Gasteiger partial charge on any atom is 0.268 e. The van der Waals surface area contributed by atoms with Gasteiger partial charge in [-0.25, -0.2) is 0 Å². The summed E-state index contributed by atoms with van der Waals surface area (Å²) in [5.41, 5.74) is 2.81. The Morgan fingerprint density at radius 1 is 1.09 bits per heavy atom. The molecule has 5 rings (SSSR count). The van der Waals surface area contributed by atoms with Crippen molar-refractivity contribution in [3.8, 4) is 5.75 Å². The fourth-order valence-electron chi connectivity index (χ4n) is 4.43. The molecule has 2 aliphatic rings. The summed E-state index contributed by atoms with van der Waals surface area (Å²) in [5.74, 6) is 0.933. The minimum Gasteiger partial charge on any atom is -0.497 e. The number of anilines is 1. The van der Waals surface area contributed by atoms with Gasteiger partial charge in [-0.1, -0.05) is 41.4 Å². The van der Waals surface area contributed by atoms with Gasteiger partial charge in [0.25, 0.3) is 11.8 Å². The first kappa shape index (κ1) is 22.1. The van der Waals surface area contributed by atoms with Crippen molar-refractivity contribution in [2.45, 2.75) is 11.4 Å². The van der Waals surface area contributed by atoms with Crippen molar-refractivity contribution in [1.82, 2.24) is 4.90 Å². The smallest absolute Gasteiger partial charge is 0.268 e. The lowest BCUT2D eigenvalue weighted by Crippen LogP contribution is -2.50. The molecule has 0 saturated carbocycles. The molecule has 1 atom stereocenters. The molecule has 3 aromatic rings. The Morgan fingerprint density at radius 3 is 2.58 bits per heavy atom. The predicted molar refractivity (Wildman–Crippen MR) is 132 cm³/mol. The molecule has 0 bridgehead atoms. The number of halogens is 2. The lowest BCUT2D eigenvalue weighted by molar-refractivity contribution is -0.123. The molecule has 1 saturated heterocycles. The van der Waals surface area contributed by atoms with Gasteiger partial charge in [0.05, 0.1) is 19.3 Å². The number of hydrogen-bond acceptors (Lipinski definition) is 4. The van der Waals surface area contributed by atoms with Gasteiger partial charge in [-0.15, -0.1) is 11.8 Å². The molecule has 0 aromatic heterocycles. The van der Waals surface area contributed by atoms with E-state index in [2.05, 4.69) is 0 Å². The van der Waals surface area contributed by atoms with Crippen LogP contribution in [0.1, 0.15) is 21.5 Å². The molecule has 3 aromatic carbocycles. The van der Waals surface area contributed by atoms with Crippen LogP contribution >= 0.6 is 35.0 Å². The minimum atomic E-state index is -1.17. The molecule has 0 radical (unpaired) electrons. The van der Waals surface area contributed by atoms with E-state index in [4.69, 9.17) is 27.9 Å². The fourth-order valence-corrected chi connectivity index (χ4v) is 6.25. The summed E-state index contributed by atoms with van der Waals surface area (Å²) in [6.07, 6.45) is 0. The second-order valence-corrected chi connectivity index (χ2v) is 9.95.